The van der Waals surface area contributed by atoms with E-state index >= 15 is 0 Å². The van der Waals surface area contributed by atoms with Crippen molar-refractivity contribution in [2.75, 3.05) is 11.5 Å². The molecule has 0 amide bonds. The van der Waals surface area contributed by atoms with Crippen LogP contribution in [0, 0.1) is 0 Å². The summed E-state index contributed by atoms with van der Waals surface area (Å²) in [4.78, 5) is 22.8. The fourth-order valence-corrected chi connectivity index (χ4v) is 2.94. The van der Waals surface area contributed by atoms with Crippen LogP contribution < -0.4 is 11.3 Å². The molecule has 0 saturated heterocycles. The third-order valence-corrected chi connectivity index (χ3v) is 4.08. The van der Waals surface area contributed by atoms with Gasteiger partial charge in [-0.1, -0.05) is 42.9 Å². The minimum absolute atomic E-state index is 0.151. The van der Waals surface area contributed by atoms with E-state index in [1.54, 1.807) is 11.8 Å². The van der Waals surface area contributed by atoms with Gasteiger partial charge >= 0.3 is 0 Å². The fraction of sp³-hybridized carbons (Fsp3) is 0.500. The number of unbranched alkanes of at least 4 members (excludes halogenated alkanes) is 2. The normalized spacial score (nSPS) is 11.1. The van der Waals surface area contributed by atoms with Crippen LogP contribution in [0.4, 0.5) is 5.13 Å². The summed E-state index contributed by atoms with van der Waals surface area (Å²) in [6.07, 6.45) is 3.51. The first kappa shape index (κ1) is 12.4. The van der Waals surface area contributed by atoms with Crippen LogP contribution in [0.15, 0.2) is 9.95 Å². The Morgan fingerprint density at radius 1 is 1.41 bits per heavy atom. The smallest absolute Gasteiger partial charge is 0.271 e. The third kappa shape index (κ3) is 2.98. The second-order valence-corrected chi connectivity index (χ2v) is 5.75. The summed E-state index contributed by atoms with van der Waals surface area (Å²) in [5.74, 6) is 0.960. The zero-order valence-electron chi connectivity index (χ0n) is 9.52. The van der Waals surface area contributed by atoms with E-state index < -0.39 is 0 Å². The maximum Gasteiger partial charge on any atom is 0.271 e. The van der Waals surface area contributed by atoms with Gasteiger partial charge in [-0.15, -0.1) is 0 Å². The standard InChI is InChI=1S/C10H14N4OS2/c1-2-3-4-5-16-10-13-7-6(8(15)14-10)17-9(11)12-7/h2-5H2,1H3,(H3,11,12,13,14,15). The van der Waals surface area contributed by atoms with Crippen molar-refractivity contribution >= 4 is 38.6 Å². The average molecular weight is 270 g/mol. The lowest BCUT2D eigenvalue weighted by Crippen LogP contribution is -2.07. The van der Waals surface area contributed by atoms with Crippen LogP contribution >= 0.6 is 23.1 Å². The molecule has 0 aromatic carbocycles. The monoisotopic (exact) mass is 270 g/mol. The minimum atomic E-state index is -0.151. The Morgan fingerprint density at radius 3 is 3.00 bits per heavy atom. The SMILES string of the molecule is CCCCCSc1nc2nc(N)sc2c(=O)[nH]1. The van der Waals surface area contributed by atoms with E-state index in [9.17, 15) is 4.79 Å². The van der Waals surface area contributed by atoms with Crippen molar-refractivity contribution in [1.82, 2.24) is 15.0 Å². The number of nitrogen functional groups attached to an aromatic ring is 1. The largest absolute Gasteiger partial charge is 0.375 e. The van der Waals surface area contributed by atoms with Gasteiger partial charge in [0.15, 0.2) is 15.9 Å². The van der Waals surface area contributed by atoms with Gasteiger partial charge in [0.25, 0.3) is 5.56 Å². The number of nitrogens with zero attached hydrogens (tertiary/aromatic N) is 2. The van der Waals surface area contributed by atoms with Crippen molar-refractivity contribution in [3.8, 4) is 0 Å². The molecule has 0 aliphatic rings. The molecule has 0 saturated carbocycles. The van der Waals surface area contributed by atoms with Gasteiger partial charge in [-0.25, -0.2) is 9.97 Å². The highest BCUT2D eigenvalue weighted by Gasteiger charge is 2.08. The second-order valence-electron chi connectivity index (χ2n) is 3.63. The first-order valence-electron chi connectivity index (χ1n) is 5.50. The number of H-pyrrole nitrogens is 1. The lowest BCUT2D eigenvalue weighted by molar-refractivity contribution is 0.777. The van der Waals surface area contributed by atoms with Crippen molar-refractivity contribution < 1.29 is 0 Å². The van der Waals surface area contributed by atoms with Crippen molar-refractivity contribution in [2.45, 2.75) is 31.3 Å². The van der Waals surface area contributed by atoms with E-state index in [1.165, 1.54) is 24.2 Å². The van der Waals surface area contributed by atoms with Gasteiger partial charge in [0, 0.05) is 5.75 Å². The van der Waals surface area contributed by atoms with Gasteiger partial charge < -0.3 is 10.7 Å². The molecular weight excluding hydrogens is 256 g/mol. The molecular formula is C10H14N4OS2. The minimum Gasteiger partial charge on any atom is -0.375 e. The maximum atomic E-state index is 11.7. The van der Waals surface area contributed by atoms with Gasteiger partial charge in [-0.2, -0.15) is 0 Å². The van der Waals surface area contributed by atoms with Crippen LogP contribution in [-0.2, 0) is 0 Å². The van der Waals surface area contributed by atoms with Crippen molar-refractivity contribution in [3.05, 3.63) is 10.4 Å². The summed E-state index contributed by atoms with van der Waals surface area (Å²) < 4.78 is 0.500. The van der Waals surface area contributed by atoms with E-state index in [0.717, 1.165) is 12.2 Å². The van der Waals surface area contributed by atoms with Crippen LogP contribution in [0.3, 0.4) is 0 Å². The Labute approximate surface area is 107 Å². The Kier molecular flexibility index (Phi) is 4.01. The summed E-state index contributed by atoms with van der Waals surface area (Å²) in [6, 6.07) is 0. The predicted molar refractivity (Wildman–Crippen MR) is 72.7 cm³/mol. The molecule has 0 fully saturated rings. The second kappa shape index (κ2) is 5.50. The highest BCUT2D eigenvalue weighted by molar-refractivity contribution is 7.99. The molecule has 2 aromatic rings. The molecule has 92 valence electrons. The lowest BCUT2D eigenvalue weighted by atomic mass is 10.3. The van der Waals surface area contributed by atoms with Crippen molar-refractivity contribution in [3.63, 3.8) is 0 Å². The number of rotatable bonds is 5. The number of thioether (sulfide) groups is 1. The molecule has 7 heteroatoms. The van der Waals surface area contributed by atoms with Crippen LogP contribution in [0.2, 0.25) is 0 Å². The molecule has 0 aliphatic carbocycles. The van der Waals surface area contributed by atoms with E-state index in [4.69, 9.17) is 5.73 Å². The molecule has 0 atom stereocenters. The molecule has 0 bridgehead atoms. The maximum absolute atomic E-state index is 11.7. The number of hydrogen-bond donors (Lipinski definition) is 2. The number of hydrogen-bond acceptors (Lipinski definition) is 6. The Balaban J connectivity index is 2.16. The zero-order chi connectivity index (χ0) is 12.3. The fourth-order valence-electron chi connectivity index (χ4n) is 1.42. The zero-order valence-corrected chi connectivity index (χ0v) is 11.2. The predicted octanol–water partition coefficient (Wildman–Crippen LogP) is 2.24. The molecule has 2 aromatic heterocycles. The first-order valence-corrected chi connectivity index (χ1v) is 7.30. The van der Waals surface area contributed by atoms with E-state index in [-0.39, 0.29) is 5.56 Å². The van der Waals surface area contributed by atoms with Gasteiger partial charge in [0.2, 0.25) is 0 Å². The Bertz CT molecular complexity index is 563. The Morgan fingerprint density at radius 2 is 2.24 bits per heavy atom. The lowest BCUT2D eigenvalue weighted by Gasteiger charge is -1.99. The molecule has 0 spiro atoms. The highest BCUT2D eigenvalue weighted by Crippen LogP contribution is 2.21. The summed E-state index contributed by atoms with van der Waals surface area (Å²) >= 11 is 2.73. The van der Waals surface area contributed by atoms with Gasteiger partial charge in [0.1, 0.15) is 4.70 Å². The van der Waals surface area contributed by atoms with Gasteiger partial charge in [-0.3, -0.25) is 4.79 Å². The number of nitrogens with one attached hydrogen (secondary N) is 1. The summed E-state index contributed by atoms with van der Waals surface area (Å²) in [5, 5.41) is 1.01. The average Bonchev–Trinajstić information content (AvgIpc) is 2.66. The molecule has 0 radical (unpaired) electrons. The van der Waals surface area contributed by atoms with Crippen LogP contribution in [0.5, 0.6) is 0 Å². The molecule has 5 nitrogen and oxygen atoms in total. The van der Waals surface area contributed by atoms with E-state index in [2.05, 4.69) is 21.9 Å². The molecule has 2 heterocycles. The number of aromatic nitrogens is 3. The Hall–Kier alpha value is -1.08. The number of anilines is 1. The van der Waals surface area contributed by atoms with Crippen LogP contribution in [0.1, 0.15) is 26.2 Å². The number of aromatic amines is 1. The van der Waals surface area contributed by atoms with Crippen molar-refractivity contribution in [2.24, 2.45) is 0 Å². The molecule has 2 rings (SSSR count). The first-order chi connectivity index (χ1) is 8.20. The topological polar surface area (TPSA) is 84.7 Å². The third-order valence-electron chi connectivity index (χ3n) is 2.25. The summed E-state index contributed by atoms with van der Waals surface area (Å²) in [7, 11) is 0. The van der Waals surface area contributed by atoms with E-state index in [1.807, 2.05) is 0 Å². The number of thiazole rings is 1. The van der Waals surface area contributed by atoms with Gasteiger partial charge in [0.05, 0.1) is 0 Å². The molecule has 0 aliphatic heterocycles. The molecule has 17 heavy (non-hydrogen) atoms. The summed E-state index contributed by atoms with van der Waals surface area (Å²) in [5.41, 5.74) is 5.86. The molecule has 0 unspecified atom stereocenters. The van der Waals surface area contributed by atoms with E-state index in [0.29, 0.717) is 20.6 Å². The number of fused-ring (bicyclic) bond motifs is 1. The van der Waals surface area contributed by atoms with Crippen LogP contribution in [0.25, 0.3) is 10.3 Å². The highest BCUT2D eigenvalue weighted by atomic mass is 32.2. The number of nitrogens with two attached hydrogens (primary N) is 1. The van der Waals surface area contributed by atoms with Crippen molar-refractivity contribution in [1.29, 1.82) is 0 Å². The summed E-state index contributed by atoms with van der Waals surface area (Å²) in [6.45, 7) is 2.16. The van der Waals surface area contributed by atoms with Crippen LogP contribution in [-0.4, -0.2) is 20.7 Å². The quantitative estimate of drug-likeness (QED) is 0.494. The molecule has 3 N–H and O–H groups in total. The van der Waals surface area contributed by atoms with Gasteiger partial charge in [-0.05, 0) is 6.42 Å².